The fourth-order valence-corrected chi connectivity index (χ4v) is 2.70. The van der Waals surface area contributed by atoms with Crippen LogP contribution < -0.4 is 10.9 Å². The molecule has 134 valence electrons. The van der Waals surface area contributed by atoms with E-state index in [1.807, 2.05) is 0 Å². The lowest BCUT2D eigenvalue weighted by Gasteiger charge is -2.11. The summed E-state index contributed by atoms with van der Waals surface area (Å²) in [5.41, 5.74) is -2.56. The molecular formula is C15H13F3N2O4S. The largest absolute Gasteiger partial charge is 0.421 e. The van der Waals surface area contributed by atoms with Crippen LogP contribution >= 0.6 is 0 Å². The minimum Gasteiger partial charge on any atom is -0.324 e. The molecule has 0 saturated carbocycles. The van der Waals surface area contributed by atoms with E-state index in [1.54, 1.807) is 0 Å². The van der Waals surface area contributed by atoms with Gasteiger partial charge < -0.3 is 9.88 Å². The van der Waals surface area contributed by atoms with Crippen LogP contribution in [0.1, 0.15) is 5.56 Å². The number of nitrogens with zero attached hydrogens (tertiary/aromatic N) is 1. The van der Waals surface area contributed by atoms with Gasteiger partial charge >= 0.3 is 6.18 Å². The number of sulfone groups is 1. The number of rotatable bonds is 4. The summed E-state index contributed by atoms with van der Waals surface area (Å²) in [5.74, 6) is -0.771. The lowest BCUT2D eigenvalue weighted by molar-refractivity contribution is -0.139. The van der Waals surface area contributed by atoms with Gasteiger partial charge in [0.25, 0.3) is 5.56 Å². The average molecular weight is 374 g/mol. The zero-order chi connectivity index (χ0) is 18.8. The van der Waals surface area contributed by atoms with Crippen molar-refractivity contribution in [2.24, 2.45) is 0 Å². The zero-order valence-electron chi connectivity index (χ0n) is 12.9. The Balaban J connectivity index is 2.21. The van der Waals surface area contributed by atoms with Crippen LogP contribution in [0.15, 0.2) is 52.3 Å². The molecule has 10 heteroatoms. The van der Waals surface area contributed by atoms with Gasteiger partial charge in [-0.05, 0) is 30.3 Å². The molecule has 25 heavy (non-hydrogen) atoms. The number of halogens is 3. The van der Waals surface area contributed by atoms with Gasteiger partial charge in [0.15, 0.2) is 9.84 Å². The van der Waals surface area contributed by atoms with Gasteiger partial charge in [-0.15, -0.1) is 0 Å². The molecule has 0 aliphatic carbocycles. The zero-order valence-corrected chi connectivity index (χ0v) is 13.7. The highest BCUT2D eigenvalue weighted by molar-refractivity contribution is 7.90. The van der Waals surface area contributed by atoms with Crippen LogP contribution in [-0.2, 0) is 27.4 Å². The number of nitrogens with one attached hydrogen (secondary N) is 1. The molecule has 1 aromatic carbocycles. The molecule has 1 heterocycles. The SMILES string of the molecule is CS(=O)(=O)c1cccc(NC(=O)Cn2cccc(C(F)(F)F)c2=O)c1. The van der Waals surface area contributed by atoms with Gasteiger partial charge in [-0.25, -0.2) is 8.42 Å². The number of pyridine rings is 1. The molecule has 0 unspecified atom stereocenters. The highest BCUT2D eigenvalue weighted by Crippen LogP contribution is 2.26. The second-order valence-electron chi connectivity index (χ2n) is 5.20. The maximum Gasteiger partial charge on any atom is 0.421 e. The standard InChI is InChI=1S/C15H13F3N2O4S/c1-25(23,24)11-5-2-4-10(8-11)19-13(21)9-20-7-3-6-12(14(20)22)15(16,17)18/h2-8H,9H2,1H3,(H,19,21). The van der Waals surface area contributed by atoms with Crippen molar-refractivity contribution in [1.82, 2.24) is 4.57 Å². The molecule has 1 amide bonds. The summed E-state index contributed by atoms with van der Waals surface area (Å²) in [7, 11) is -3.48. The van der Waals surface area contributed by atoms with Crippen molar-refractivity contribution < 1.29 is 26.4 Å². The molecule has 1 aromatic heterocycles. The third-order valence-corrected chi connectivity index (χ3v) is 4.30. The first-order chi connectivity index (χ1) is 11.5. The van der Waals surface area contributed by atoms with Gasteiger partial charge in [-0.3, -0.25) is 9.59 Å². The molecule has 0 aliphatic heterocycles. The van der Waals surface area contributed by atoms with Gasteiger partial charge in [0, 0.05) is 18.1 Å². The molecular weight excluding hydrogens is 361 g/mol. The minimum atomic E-state index is -4.82. The number of carbonyl (C=O) groups is 1. The van der Waals surface area contributed by atoms with Crippen LogP contribution in [-0.4, -0.2) is 25.1 Å². The summed E-state index contributed by atoms with van der Waals surface area (Å²) in [4.78, 5) is 23.7. The van der Waals surface area contributed by atoms with Gasteiger partial charge in [-0.2, -0.15) is 13.2 Å². The molecule has 6 nitrogen and oxygen atoms in total. The van der Waals surface area contributed by atoms with Gasteiger partial charge in [-0.1, -0.05) is 6.07 Å². The van der Waals surface area contributed by atoms with Gasteiger partial charge in [0.05, 0.1) is 4.90 Å². The molecule has 0 radical (unpaired) electrons. The fourth-order valence-electron chi connectivity index (χ4n) is 2.04. The monoisotopic (exact) mass is 374 g/mol. The lowest BCUT2D eigenvalue weighted by atomic mass is 10.2. The molecule has 0 bridgehead atoms. The Bertz CT molecular complexity index is 965. The maximum absolute atomic E-state index is 12.7. The third kappa shape index (κ3) is 4.69. The van der Waals surface area contributed by atoms with Crippen LogP contribution in [0, 0.1) is 0 Å². The van der Waals surface area contributed by atoms with Crippen molar-refractivity contribution in [2.75, 3.05) is 11.6 Å². The Labute approximate surface area is 140 Å². The van der Waals surface area contributed by atoms with E-state index in [4.69, 9.17) is 0 Å². The van der Waals surface area contributed by atoms with Crippen LogP contribution in [0.5, 0.6) is 0 Å². The smallest absolute Gasteiger partial charge is 0.324 e. The summed E-state index contributed by atoms with van der Waals surface area (Å²) < 4.78 is 61.7. The first-order valence-corrected chi connectivity index (χ1v) is 8.74. The van der Waals surface area contributed by atoms with Crippen molar-refractivity contribution in [1.29, 1.82) is 0 Å². The number of amides is 1. The normalized spacial score (nSPS) is 12.0. The number of anilines is 1. The van der Waals surface area contributed by atoms with Crippen molar-refractivity contribution in [3.8, 4) is 0 Å². The average Bonchev–Trinajstić information content (AvgIpc) is 2.47. The number of benzene rings is 1. The number of aromatic nitrogens is 1. The summed E-state index contributed by atoms with van der Waals surface area (Å²) in [6.45, 7) is -0.647. The maximum atomic E-state index is 12.7. The quantitative estimate of drug-likeness (QED) is 0.886. The Morgan fingerprint density at radius 1 is 1.20 bits per heavy atom. The Kier molecular flexibility index (Phi) is 5.02. The highest BCUT2D eigenvalue weighted by Gasteiger charge is 2.34. The second-order valence-corrected chi connectivity index (χ2v) is 7.22. The summed E-state index contributed by atoms with van der Waals surface area (Å²) in [6, 6.07) is 7.02. The van der Waals surface area contributed by atoms with Crippen LogP contribution in [0.25, 0.3) is 0 Å². The van der Waals surface area contributed by atoms with Crippen molar-refractivity contribution in [2.45, 2.75) is 17.6 Å². The van der Waals surface area contributed by atoms with E-state index in [9.17, 15) is 31.2 Å². The van der Waals surface area contributed by atoms with E-state index in [0.29, 0.717) is 10.6 Å². The van der Waals surface area contributed by atoms with E-state index < -0.39 is 39.6 Å². The summed E-state index contributed by atoms with van der Waals surface area (Å²) in [6.07, 6.45) is -2.76. The predicted octanol–water partition coefficient (Wildman–Crippen LogP) is 1.91. The second kappa shape index (κ2) is 6.71. The number of alkyl halides is 3. The summed E-state index contributed by atoms with van der Waals surface area (Å²) >= 11 is 0. The van der Waals surface area contributed by atoms with E-state index in [1.165, 1.54) is 24.3 Å². The number of carbonyl (C=O) groups excluding carboxylic acids is 1. The predicted molar refractivity (Wildman–Crippen MR) is 83.9 cm³/mol. The molecule has 2 rings (SSSR count). The molecule has 2 aromatic rings. The molecule has 0 spiro atoms. The Morgan fingerprint density at radius 3 is 2.48 bits per heavy atom. The molecule has 0 saturated heterocycles. The van der Waals surface area contributed by atoms with Crippen molar-refractivity contribution in [3.05, 3.63) is 58.5 Å². The van der Waals surface area contributed by atoms with E-state index >= 15 is 0 Å². The number of hydrogen-bond donors (Lipinski definition) is 1. The van der Waals surface area contributed by atoms with Gasteiger partial charge in [0.1, 0.15) is 12.1 Å². The Morgan fingerprint density at radius 2 is 1.88 bits per heavy atom. The minimum absolute atomic E-state index is 0.0264. The first-order valence-electron chi connectivity index (χ1n) is 6.85. The van der Waals surface area contributed by atoms with Crippen LogP contribution in [0.4, 0.5) is 18.9 Å². The molecule has 0 aliphatic rings. The topological polar surface area (TPSA) is 85.2 Å². The fraction of sp³-hybridized carbons (Fsp3) is 0.200. The van der Waals surface area contributed by atoms with Crippen molar-refractivity contribution in [3.63, 3.8) is 0 Å². The molecule has 1 N–H and O–H groups in total. The molecule has 0 atom stereocenters. The third-order valence-electron chi connectivity index (χ3n) is 3.19. The summed E-state index contributed by atoms with van der Waals surface area (Å²) in [5, 5.41) is 2.34. The van der Waals surface area contributed by atoms with E-state index in [2.05, 4.69) is 5.32 Å². The van der Waals surface area contributed by atoms with Gasteiger partial charge in [0.2, 0.25) is 5.91 Å². The van der Waals surface area contributed by atoms with E-state index in [0.717, 1.165) is 18.5 Å². The highest BCUT2D eigenvalue weighted by atomic mass is 32.2. The van der Waals surface area contributed by atoms with Crippen LogP contribution in [0.3, 0.4) is 0 Å². The Hall–Kier alpha value is -2.62. The van der Waals surface area contributed by atoms with Crippen LogP contribution in [0.2, 0.25) is 0 Å². The number of hydrogen-bond acceptors (Lipinski definition) is 4. The lowest BCUT2D eigenvalue weighted by Crippen LogP contribution is -2.31. The van der Waals surface area contributed by atoms with E-state index in [-0.39, 0.29) is 10.6 Å². The van der Waals surface area contributed by atoms with Crippen molar-refractivity contribution >= 4 is 21.4 Å². The first kappa shape index (κ1) is 18.7. The molecule has 0 fully saturated rings.